The molecule has 1 saturated carbocycles. The van der Waals surface area contributed by atoms with E-state index in [1.807, 2.05) is 0 Å². The minimum Gasteiger partial charge on any atom is -0.381 e. The van der Waals surface area contributed by atoms with Crippen molar-refractivity contribution in [1.29, 1.82) is 0 Å². The van der Waals surface area contributed by atoms with Gasteiger partial charge >= 0.3 is 0 Å². The van der Waals surface area contributed by atoms with Gasteiger partial charge in [-0.2, -0.15) is 0 Å². The predicted octanol–water partition coefficient (Wildman–Crippen LogP) is 3.11. The molecule has 0 spiro atoms. The van der Waals surface area contributed by atoms with Crippen molar-refractivity contribution >= 4 is 17.5 Å². The summed E-state index contributed by atoms with van der Waals surface area (Å²) in [5.74, 6) is 0.811. The van der Waals surface area contributed by atoms with E-state index in [0.29, 0.717) is 19.1 Å². The molecule has 1 amide bonds. The molecule has 3 nitrogen and oxygen atoms in total. The van der Waals surface area contributed by atoms with Gasteiger partial charge in [-0.05, 0) is 31.1 Å². The lowest BCUT2D eigenvalue weighted by Crippen LogP contribution is -2.56. The number of hydrogen-bond donors (Lipinski definition) is 1. The van der Waals surface area contributed by atoms with Crippen molar-refractivity contribution in [2.75, 3.05) is 19.1 Å². The second-order valence-electron chi connectivity index (χ2n) is 6.80. The van der Waals surface area contributed by atoms with Crippen LogP contribution in [0.15, 0.2) is 0 Å². The summed E-state index contributed by atoms with van der Waals surface area (Å²) in [7, 11) is 0. The van der Waals surface area contributed by atoms with Crippen LogP contribution in [0.5, 0.6) is 0 Å². The standard InChI is InChI=1S/C15H26ClNO2/c1-14(2)6-4-3-5-12(14)13(18)17-15(11-16)7-9-19-10-8-15/h12H,3-11H2,1-2H3,(H,17,18). The Kier molecular flexibility index (Phi) is 4.78. The lowest BCUT2D eigenvalue weighted by Gasteiger charge is -2.42. The number of ether oxygens (including phenoxy) is 1. The molecule has 1 saturated heterocycles. The molecule has 1 atom stereocenters. The smallest absolute Gasteiger partial charge is 0.224 e. The van der Waals surface area contributed by atoms with Crippen LogP contribution >= 0.6 is 11.6 Å². The maximum atomic E-state index is 12.6. The van der Waals surface area contributed by atoms with E-state index < -0.39 is 0 Å². The number of carbonyl (C=O) groups is 1. The highest BCUT2D eigenvalue weighted by Gasteiger charge is 2.41. The van der Waals surface area contributed by atoms with Gasteiger partial charge in [-0.3, -0.25) is 4.79 Å². The van der Waals surface area contributed by atoms with Crippen molar-refractivity contribution in [3.05, 3.63) is 0 Å². The minimum absolute atomic E-state index is 0.112. The topological polar surface area (TPSA) is 38.3 Å². The Morgan fingerprint density at radius 3 is 2.53 bits per heavy atom. The van der Waals surface area contributed by atoms with Crippen molar-refractivity contribution in [1.82, 2.24) is 5.32 Å². The van der Waals surface area contributed by atoms with E-state index in [1.54, 1.807) is 0 Å². The van der Waals surface area contributed by atoms with Crippen LogP contribution in [0.1, 0.15) is 52.4 Å². The fourth-order valence-corrected chi connectivity index (χ4v) is 3.72. The second kappa shape index (κ2) is 6.01. The summed E-state index contributed by atoms with van der Waals surface area (Å²) in [6.07, 6.45) is 6.21. The molecule has 0 bridgehead atoms. The Hall–Kier alpha value is -0.280. The number of hydrogen-bond acceptors (Lipinski definition) is 2. The van der Waals surface area contributed by atoms with Gasteiger partial charge in [0.25, 0.3) is 0 Å². The summed E-state index contributed by atoms with van der Waals surface area (Å²) in [4.78, 5) is 12.6. The number of amides is 1. The van der Waals surface area contributed by atoms with Crippen LogP contribution in [0.2, 0.25) is 0 Å². The van der Waals surface area contributed by atoms with E-state index in [2.05, 4.69) is 19.2 Å². The first-order valence-electron chi connectivity index (χ1n) is 7.45. The third-order valence-corrected chi connectivity index (χ3v) is 5.43. The molecule has 1 unspecified atom stereocenters. The van der Waals surface area contributed by atoms with Crippen molar-refractivity contribution in [3.8, 4) is 0 Å². The highest BCUT2D eigenvalue weighted by Crippen LogP contribution is 2.41. The summed E-state index contributed by atoms with van der Waals surface area (Å²) in [6, 6.07) is 0. The number of alkyl halides is 1. The van der Waals surface area contributed by atoms with Gasteiger partial charge < -0.3 is 10.1 Å². The van der Waals surface area contributed by atoms with Gasteiger partial charge in [0.2, 0.25) is 5.91 Å². The highest BCUT2D eigenvalue weighted by molar-refractivity contribution is 6.18. The summed E-state index contributed by atoms with van der Waals surface area (Å²) in [6.45, 7) is 5.82. The lowest BCUT2D eigenvalue weighted by molar-refractivity contribution is -0.133. The third-order valence-electron chi connectivity index (χ3n) is 4.92. The molecule has 2 fully saturated rings. The van der Waals surface area contributed by atoms with Crippen molar-refractivity contribution in [3.63, 3.8) is 0 Å². The van der Waals surface area contributed by atoms with Gasteiger partial charge in [0, 0.05) is 25.0 Å². The third kappa shape index (κ3) is 3.43. The SMILES string of the molecule is CC1(C)CCCCC1C(=O)NC1(CCl)CCOCC1. The zero-order chi connectivity index (χ0) is 13.9. The molecule has 19 heavy (non-hydrogen) atoms. The molecule has 0 aromatic rings. The summed E-state index contributed by atoms with van der Waals surface area (Å²) in [5.41, 5.74) is -0.134. The van der Waals surface area contributed by atoms with Crippen LogP contribution in [-0.2, 0) is 9.53 Å². The van der Waals surface area contributed by atoms with E-state index in [1.165, 1.54) is 12.8 Å². The van der Waals surface area contributed by atoms with Crippen molar-refractivity contribution in [2.45, 2.75) is 57.9 Å². The first-order chi connectivity index (χ1) is 8.99. The molecule has 2 aliphatic rings. The Bertz CT molecular complexity index is 324. The van der Waals surface area contributed by atoms with E-state index in [4.69, 9.17) is 16.3 Å². The van der Waals surface area contributed by atoms with E-state index >= 15 is 0 Å². The van der Waals surface area contributed by atoms with Crippen LogP contribution in [0.3, 0.4) is 0 Å². The minimum atomic E-state index is -0.246. The summed E-state index contributed by atoms with van der Waals surface area (Å²) in [5, 5.41) is 3.26. The largest absolute Gasteiger partial charge is 0.381 e. The Morgan fingerprint density at radius 1 is 1.26 bits per heavy atom. The van der Waals surface area contributed by atoms with Crippen LogP contribution in [0.4, 0.5) is 0 Å². The average molecular weight is 288 g/mol. The average Bonchev–Trinajstić information content (AvgIpc) is 2.39. The van der Waals surface area contributed by atoms with Gasteiger partial charge in [-0.25, -0.2) is 0 Å². The maximum Gasteiger partial charge on any atom is 0.224 e. The fraction of sp³-hybridized carbons (Fsp3) is 0.933. The molecule has 4 heteroatoms. The number of nitrogens with one attached hydrogen (secondary N) is 1. The van der Waals surface area contributed by atoms with E-state index in [9.17, 15) is 4.79 Å². The molecule has 1 aliphatic heterocycles. The van der Waals surface area contributed by atoms with E-state index in [0.717, 1.165) is 25.7 Å². The molecule has 0 aromatic heterocycles. The summed E-state index contributed by atoms with van der Waals surface area (Å²) >= 11 is 6.12. The number of halogens is 1. The maximum absolute atomic E-state index is 12.6. The van der Waals surface area contributed by atoms with Crippen molar-refractivity contribution in [2.24, 2.45) is 11.3 Å². The van der Waals surface area contributed by atoms with Gasteiger partial charge in [0.05, 0.1) is 5.54 Å². The summed E-state index contributed by atoms with van der Waals surface area (Å²) < 4.78 is 5.38. The monoisotopic (exact) mass is 287 g/mol. The lowest BCUT2D eigenvalue weighted by atomic mass is 9.68. The van der Waals surface area contributed by atoms with E-state index in [-0.39, 0.29) is 22.8 Å². The molecule has 1 aliphatic carbocycles. The van der Waals surface area contributed by atoms with Crippen LogP contribution < -0.4 is 5.32 Å². The Balaban J connectivity index is 2.02. The molecule has 2 rings (SSSR count). The van der Waals surface area contributed by atoms with Gasteiger partial charge in [-0.1, -0.05) is 26.7 Å². The molecule has 1 N–H and O–H groups in total. The predicted molar refractivity (Wildman–Crippen MR) is 77.4 cm³/mol. The first-order valence-corrected chi connectivity index (χ1v) is 7.98. The molecule has 110 valence electrons. The second-order valence-corrected chi connectivity index (χ2v) is 7.07. The van der Waals surface area contributed by atoms with Crippen LogP contribution in [0, 0.1) is 11.3 Å². The highest BCUT2D eigenvalue weighted by atomic mass is 35.5. The van der Waals surface area contributed by atoms with Crippen molar-refractivity contribution < 1.29 is 9.53 Å². The quantitative estimate of drug-likeness (QED) is 0.810. The molecule has 0 radical (unpaired) electrons. The Labute approximate surface area is 121 Å². The fourth-order valence-electron chi connectivity index (χ4n) is 3.38. The van der Waals surface area contributed by atoms with Gasteiger partial charge in [0.15, 0.2) is 0 Å². The molecule has 1 heterocycles. The Morgan fingerprint density at radius 2 is 1.95 bits per heavy atom. The molecular formula is C15H26ClNO2. The van der Waals surface area contributed by atoms with Crippen LogP contribution in [-0.4, -0.2) is 30.5 Å². The first kappa shape index (κ1) is 15.1. The van der Waals surface area contributed by atoms with Gasteiger partial charge in [-0.15, -0.1) is 11.6 Å². The zero-order valence-electron chi connectivity index (χ0n) is 12.1. The zero-order valence-corrected chi connectivity index (χ0v) is 12.9. The number of rotatable bonds is 3. The molecular weight excluding hydrogens is 262 g/mol. The van der Waals surface area contributed by atoms with Gasteiger partial charge in [0.1, 0.15) is 0 Å². The van der Waals surface area contributed by atoms with Crippen LogP contribution in [0.25, 0.3) is 0 Å². The molecule has 0 aromatic carbocycles. The number of carbonyl (C=O) groups excluding carboxylic acids is 1. The normalized spacial score (nSPS) is 29.7.